The highest BCUT2D eigenvalue weighted by molar-refractivity contribution is 5.67. The largest absolute Gasteiger partial charge is 0.0839 e. The maximum atomic E-state index is 2.44. The molecule has 17 heavy (non-hydrogen) atoms. The molecule has 0 saturated heterocycles. The Kier molecular flexibility index (Phi) is 1.98. The molecule has 0 nitrogen and oxygen atoms in total. The Morgan fingerprint density at radius 3 is 2.47 bits per heavy atom. The molecule has 3 aliphatic rings. The number of hydrogen-bond acceptors (Lipinski definition) is 0. The molecule has 0 aromatic rings. The van der Waals surface area contributed by atoms with Crippen molar-refractivity contribution >= 4 is 0 Å². The summed E-state index contributed by atoms with van der Waals surface area (Å²) in [6, 6.07) is 0. The van der Waals surface area contributed by atoms with Gasteiger partial charge >= 0.3 is 0 Å². The molecule has 0 atom stereocenters. The summed E-state index contributed by atoms with van der Waals surface area (Å²) in [4.78, 5) is 0. The third kappa shape index (κ3) is 1.19. The van der Waals surface area contributed by atoms with Crippen molar-refractivity contribution in [3.8, 4) is 0 Å². The van der Waals surface area contributed by atoms with Gasteiger partial charge in [0, 0.05) is 10.8 Å². The Bertz CT molecular complexity index is 516. The van der Waals surface area contributed by atoms with Crippen LogP contribution in [0.4, 0.5) is 0 Å². The summed E-state index contributed by atoms with van der Waals surface area (Å²) in [5, 5.41) is 0. The van der Waals surface area contributed by atoms with Crippen LogP contribution >= 0.6 is 0 Å². The zero-order chi connectivity index (χ0) is 12.4. The molecule has 0 aromatic heterocycles. The van der Waals surface area contributed by atoms with Gasteiger partial charge in [-0.15, -0.1) is 0 Å². The van der Waals surface area contributed by atoms with E-state index in [0.717, 1.165) is 0 Å². The van der Waals surface area contributed by atoms with Crippen LogP contribution in [-0.2, 0) is 0 Å². The van der Waals surface area contributed by atoms with E-state index in [0.29, 0.717) is 0 Å². The smallest absolute Gasteiger partial charge is 0.0126 e. The normalized spacial score (nSPS) is 28.4. The topological polar surface area (TPSA) is 0 Å². The monoisotopic (exact) mass is 226 g/mol. The molecule has 0 aromatic carbocycles. The van der Waals surface area contributed by atoms with Gasteiger partial charge in [-0.25, -0.2) is 0 Å². The van der Waals surface area contributed by atoms with Crippen molar-refractivity contribution in [1.82, 2.24) is 0 Å². The molecule has 0 N–H and O–H groups in total. The molecule has 0 aliphatic heterocycles. The highest BCUT2D eigenvalue weighted by Gasteiger charge is 2.48. The van der Waals surface area contributed by atoms with Crippen molar-refractivity contribution in [2.24, 2.45) is 10.8 Å². The highest BCUT2D eigenvalue weighted by atomic mass is 14.5. The van der Waals surface area contributed by atoms with Gasteiger partial charge in [-0.3, -0.25) is 0 Å². The third-order valence-corrected chi connectivity index (χ3v) is 5.04. The van der Waals surface area contributed by atoms with Crippen LogP contribution in [0.3, 0.4) is 0 Å². The molecular weight excluding hydrogens is 204 g/mol. The SMILES string of the molecule is CC1=CC2=C(C1(C)C)C(C)(C)C1=C2CCC=C1. The second kappa shape index (κ2) is 3.04. The fraction of sp³-hybridized carbons (Fsp3) is 0.529. The molecular formula is C17H22. The second-order valence-corrected chi connectivity index (χ2v) is 6.70. The molecule has 0 heteroatoms. The molecule has 0 heterocycles. The van der Waals surface area contributed by atoms with E-state index < -0.39 is 0 Å². The summed E-state index contributed by atoms with van der Waals surface area (Å²) < 4.78 is 0. The van der Waals surface area contributed by atoms with Gasteiger partial charge in [-0.2, -0.15) is 0 Å². The number of allylic oxidation sites excluding steroid dienone is 8. The van der Waals surface area contributed by atoms with Crippen molar-refractivity contribution in [2.75, 3.05) is 0 Å². The van der Waals surface area contributed by atoms with E-state index in [1.165, 1.54) is 18.4 Å². The Balaban J connectivity index is 2.25. The zero-order valence-corrected chi connectivity index (χ0v) is 11.6. The minimum Gasteiger partial charge on any atom is -0.0839 e. The van der Waals surface area contributed by atoms with Crippen LogP contribution in [0.5, 0.6) is 0 Å². The van der Waals surface area contributed by atoms with Gasteiger partial charge in [0.1, 0.15) is 0 Å². The first-order valence-electron chi connectivity index (χ1n) is 6.71. The molecule has 0 bridgehead atoms. The van der Waals surface area contributed by atoms with Crippen LogP contribution in [0, 0.1) is 10.8 Å². The van der Waals surface area contributed by atoms with Crippen LogP contribution < -0.4 is 0 Å². The van der Waals surface area contributed by atoms with Crippen molar-refractivity contribution in [3.63, 3.8) is 0 Å². The first-order chi connectivity index (χ1) is 7.87. The summed E-state index contributed by atoms with van der Waals surface area (Å²) in [5.41, 5.74) is 8.40. The van der Waals surface area contributed by atoms with E-state index in [1.54, 1.807) is 22.3 Å². The van der Waals surface area contributed by atoms with Crippen molar-refractivity contribution < 1.29 is 0 Å². The van der Waals surface area contributed by atoms with E-state index >= 15 is 0 Å². The van der Waals surface area contributed by atoms with Gasteiger partial charge in [-0.05, 0) is 42.1 Å². The molecule has 3 rings (SSSR count). The maximum Gasteiger partial charge on any atom is 0.0126 e. The lowest BCUT2D eigenvalue weighted by molar-refractivity contribution is 0.416. The van der Waals surface area contributed by atoms with Gasteiger partial charge in [-0.1, -0.05) is 51.5 Å². The quantitative estimate of drug-likeness (QED) is 0.548. The van der Waals surface area contributed by atoms with Crippen molar-refractivity contribution in [2.45, 2.75) is 47.5 Å². The lowest BCUT2D eigenvalue weighted by Gasteiger charge is -2.36. The van der Waals surface area contributed by atoms with Crippen LogP contribution in [0.2, 0.25) is 0 Å². The minimum absolute atomic E-state index is 0.222. The Morgan fingerprint density at radius 2 is 1.76 bits per heavy atom. The molecule has 0 fully saturated rings. The predicted octanol–water partition coefficient (Wildman–Crippen LogP) is 4.96. The average Bonchev–Trinajstić information content (AvgIpc) is 2.62. The first kappa shape index (κ1) is 11.1. The third-order valence-electron chi connectivity index (χ3n) is 5.04. The number of fused-ring (bicyclic) bond motifs is 1. The predicted molar refractivity (Wildman–Crippen MR) is 73.7 cm³/mol. The number of hydrogen-bond donors (Lipinski definition) is 0. The zero-order valence-electron chi connectivity index (χ0n) is 11.6. The Labute approximate surface area is 105 Å². The van der Waals surface area contributed by atoms with E-state index in [9.17, 15) is 0 Å². The van der Waals surface area contributed by atoms with E-state index in [-0.39, 0.29) is 10.8 Å². The molecule has 0 unspecified atom stereocenters. The second-order valence-electron chi connectivity index (χ2n) is 6.70. The van der Waals surface area contributed by atoms with E-state index in [4.69, 9.17) is 0 Å². The summed E-state index contributed by atoms with van der Waals surface area (Å²) in [7, 11) is 0. The van der Waals surface area contributed by atoms with Crippen molar-refractivity contribution in [3.05, 3.63) is 46.1 Å². The first-order valence-corrected chi connectivity index (χ1v) is 6.71. The summed E-state index contributed by atoms with van der Waals surface area (Å²) in [5.74, 6) is 0. The standard InChI is InChI=1S/C17H22/c1-11-10-13-12-8-6-7-9-14(12)17(4,5)15(13)16(11,2)3/h7,9-10H,6,8H2,1-5H3. The number of rotatable bonds is 0. The fourth-order valence-corrected chi connectivity index (χ4v) is 4.02. The van der Waals surface area contributed by atoms with Crippen LogP contribution in [0.1, 0.15) is 47.5 Å². The summed E-state index contributed by atoms with van der Waals surface area (Å²) >= 11 is 0. The van der Waals surface area contributed by atoms with Crippen LogP contribution in [0.25, 0.3) is 0 Å². The van der Waals surface area contributed by atoms with Crippen molar-refractivity contribution in [1.29, 1.82) is 0 Å². The van der Waals surface area contributed by atoms with Gasteiger partial charge in [0.05, 0.1) is 0 Å². The lowest BCUT2D eigenvalue weighted by atomic mass is 9.67. The van der Waals surface area contributed by atoms with E-state index in [2.05, 4.69) is 52.8 Å². The molecule has 0 spiro atoms. The molecule has 90 valence electrons. The van der Waals surface area contributed by atoms with Gasteiger partial charge < -0.3 is 0 Å². The summed E-state index contributed by atoms with van der Waals surface area (Å²) in [6.45, 7) is 11.8. The summed E-state index contributed by atoms with van der Waals surface area (Å²) in [6.07, 6.45) is 9.59. The fourth-order valence-electron chi connectivity index (χ4n) is 4.02. The molecule has 0 saturated carbocycles. The average molecular weight is 226 g/mol. The van der Waals surface area contributed by atoms with Gasteiger partial charge in [0.25, 0.3) is 0 Å². The minimum atomic E-state index is 0.222. The maximum absolute atomic E-state index is 2.44. The molecule has 0 amide bonds. The van der Waals surface area contributed by atoms with Gasteiger partial charge in [0.15, 0.2) is 0 Å². The highest BCUT2D eigenvalue weighted by Crippen LogP contribution is 2.61. The van der Waals surface area contributed by atoms with E-state index in [1.807, 2.05) is 0 Å². The Morgan fingerprint density at radius 1 is 1.06 bits per heavy atom. The van der Waals surface area contributed by atoms with Crippen LogP contribution in [0.15, 0.2) is 46.1 Å². The Hall–Kier alpha value is -1.04. The lowest BCUT2D eigenvalue weighted by Crippen LogP contribution is -2.26. The van der Waals surface area contributed by atoms with Crippen LogP contribution in [-0.4, -0.2) is 0 Å². The molecule has 0 radical (unpaired) electrons. The molecule has 3 aliphatic carbocycles. The van der Waals surface area contributed by atoms with Gasteiger partial charge in [0.2, 0.25) is 0 Å².